The van der Waals surface area contributed by atoms with Crippen LogP contribution in [-0.2, 0) is 28.5 Å². The van der Waals surface area contributed by atoms with E-state index in [1.165, 1.54) is 13.2 Å². The molecule has 192 valence electrons. The fraction of sp³-hybridized carbons (Fsp3) is 0.222. The zero-order chi connectivity index (χ0) is 26.3. The molecule has 5 rings (SSSR count). The normalized spacial score (nSPS) is 13.5. The molecule has 1 aromatic heterocycles. The van der Waals surface area contributed by atoms with E-state index in [1.807, 2.05) is 24.6 Å². The lowest BCUT2D eigenvalue weighted by molar-refractivity contribution is -0.119. The van der Waals surface area contributed by atoms with Crippen LogP contribution in [0.15, 0.2) is 65.7 Å². The number of ether oxygens (including phenoxy) is 3. The number of hydrogen-bond donors (Lipinski definition) is 2. The maximum absolute atomic E-state index is 13.8. The number of carbonyl (C=O) groups excluding carboxylic acids is 1. The van der Waals surface area contributed by atoms with Gasteiger partial charge in [0.1, 0.15) is 10.6 Å². The zero-order valence-corrected chi connectivity index (χ0v) is 21.3. The van der Waals surface area contributed by atoms with Crippen molar-refractivity contribution in [1.29, 1.82) is 0 Å². The molecular formula is C27H26N2O7S. The second-order valence-electron chi connectivity index (χ2n) is 8.87. The standard InChI is InChI=1S/C27H26N2O7S/c1-16-4-9-25(24(10-16)34-3)37(32,33)28-27(31)26(18-6-8-22-23(12-18)36-15-35-22)20-13-29(2)21-7-5-17(14-30)11-19(20)21/h4-13,26,30H,14-15H2,1-3H3,(H,28,31). The molecule has 1 aliphatic rings. The van der Waals surface area contributed by atoms with Gasteiger partial charge in [-0.15, -0.1) is 0 Å². The van der Waals surface area contributed by atoms with Crippen molar-refractivity contribution in [2.75, 3.05) is 13.9 Å². The maximum Gasteiger partial charge on any atom is 0.267 e. The van der Waals surface area contributed by atoms with E-state index in [4.69, 9.17) is 14.2 Å². The smallest absolute Gasteiger partial charge is 0.267 e. The van der Waals surface area contributed by atoms with Gasteiger partial charge in [-0.05, 0) is 65.6 Å². The van der Waals surface area contributed by atoms with Crippen LogP contribution in [0.3, 0.4) is 0 Å². The Kier molecular flexibility index (Phi) is 6.30. The number of nitrogens with zero attached hydrogens (tertiary/aromatic N) is 1. The largest absolute Gasteiger partial charge is 0.495 e. The van der Waals surface area contributed by atoms with Crippen molar-refractivity contribution >= 4 is 26.8 Å². The van der Waals surface area contributed by atoms with E-state index >= 15 is 0 Å². The third-order valence-corrected chi connectivity index (χ3v) is 7.80. The Morgan fingerprint density at radius 3 is 2.65 bits per heavy atom. The average Bonchev–Trinajstić information content (AvgIpc) is 3.47. The Bertz CT molecular complexity index is 1630. The predicted molar refractivity (Wildman–Crippen MR) is 136 cm³/mol. The van der Waals surface area contributed by atoms with Gasteiger partial charge >= 0.3 is 0 Å². The van der Waals surface area contributed by atoms with Crippen molar-refractivity contribution in [3.63, 3.8) is 0 Å². The number of methoxy groups -OCH3 is 1. The lowest BCUT2D eigenvalue weighted by Crippen LogP contribution is -2.35. The summed E-state index contributed by atoms with van der Waals surface area (Å²) in [5, 5.41) is 10.4. The SMILES string of the molecule is COc1cc(C)ccc1S(=O)(=O)NC(=O)C(c1ccc2c(c1)OCO2)c1cn(C)c2ccc(CO)cc12. The van der Waals surface area contributed by atoms with E-state index in [1.54, 1.807) is 48.7 Å². The molecule has 3 aromatic carbocycles. The van der Waals surface area contributed by atoms with Crippen LogP contribution < -0.4 is 18.9 Å². The molecule has 0 aliphatic carbocycles. The van der Waals surface area contributed by atoms with Gasteiger partial charge < -0.3 is 23.9 Å². The van der Waals surface area contributed by atoms with Crippen LogP contribution in [0.5, 0.6) is 17.2 Å². The fourth-order valence-corrected chi connectivity index (χ4v) is 5.75. The van der Waals surface area contributed by atoms with Crippen molar-refractivity contribution in [2.45, 2.75) is 24.3 Å². The van der Waals surface area contributed by atoms with Gasteiger partial charge in [-0.1, -0.05) is 18.2 Å². The molecule has 1 aliphatic heterocycles. The number of benzene rings is 3. The van der Waals surface area contributed by atoms with Crippen LogP contribution >= 0.6 is 0 Å². The number of amides is 1. The van der Waals surface area contributed by atoms with E-state index in [0.717, 1.165) is 16.5 Å². The van der Waals surface area contributed by atoms with Crippen LogP contribution in [0, 0.1) is 6.92 Å². The molecule has 1 atom stereocenters. The number of aromatic nitrogens is 1. The van der Waals surface area contributed by atoms with Gasteiger partial charge in [-0.25, -0.2) is 13.1 Å². The predicted octanol–water partition coefficient (Wildman–Crippen LogP) is 3.35. The van der Waals surface area contributed by atoms with Crippen LogP contribution in [0.4, 0.5) is 0 Å². The summed E-state index contributed by atoms with van der Waals surface area (Å²) >= 11 is 0. The summed E-state index contributed by atoms with van der Waals surface area (Å²) in [6.45, 7) is 1.70. The van der Waals surface area contributed by atoms with Gasteiger partial charge in [-0.2, -0.15) is 0 Å². The second-order valence-corrected chi connectivity index (χ2v) is 10.5. The Morgan fingerprint density at radius 2 is 1.89 bits per heavy atom. The highest BCUT2D eigenvalue weighted by Crippen LogP contribution is 2.39. The first-order chi connectivity index (χ1) is 17.7. The van der Waals surface area contributed by atoms with Gasteiger partial charge in [-0.3, -0.25) is 4.79 Å². The van der Waals surface area contributed by atoms with Crippen molar-refractivity contribution < 1.29 is 32.5 Å². The first kappa shape index (κ1) is 24.7. The summed E-state index contributed by atoms with van der Waals surface area (Å²) in [5.74, 6) is -0.616. The topological polar surface area (TPSA) is 116 Å². The molecule has 0 saturated carbocycles. The zero-order valence-electron chi connectivity index (χ0n) is 20.5. The highest BCUT2D eigenvalue weighted by Gasteiger charge is 2.32. The van der Waals surface area contributed by atoms with Crippen molar-refractivity contribution in [3.8, 4) is 17.2 Å². The van der Waals surface area contributed by atoms with Gasteiger partial charge in [0.15, 0.2) is 11.5 Å². The van der Waals surface area contributed by atoms with Crippen LogP contribution in [0.2, 0.25) is 0 Å². The molecule has 1 amide bonds. The van der Waals surface area contributed by atoms with Crippen molar-refractivity contribution in [1.82, 2.24) is 9.29 Å². The molecule has 0 radical (unpaired) electrons. The second kappa shape index (κ2) is 9.45. The minimum absolute atomic E-state index is 0.0609. The Balaban J connectivity index is 1.64. The lowest BCUT2D eigenvalue weighted by Gasteiger charge is -2.19. The van der Waals surface area contributed by atoms with Crippen molar-refractivity contribution in [3.05, 3.63) is 83.0 Å². The molecular weight excluding hydrogens is 496 g/mol. The number of fused-ring (bicyclic) bond motifs is 2. The van der Waals surface area contributed by atoms with Crippen LogP contribution in [0.25, 0.3) is 10.9 Å². The molecule has 0 saturated heterocycles. The molecule has 0 spiro atoms. The number of hydrogen-bond acceptors (Lipinski definition) is 7. The van der Waals surface area contributed by atoms with E-state index < -0.39 is 21.8 Å². The molecule has 9 nitrogen and oxygen atoms in total. The molecule has 0 bridgehead atoms. The highest BCUT2D eigenvalue weighted by molar-refractivity contribution is 7.90. The molecule has 2 heterocycles. The minimum Gasteiger partial charge on any atom is -0.495 e. The summed E-state index contributed by atoms with van der Waals surface area (Å²) < 4.78 is 47.0. The number of sulfonamides is 1. The Morgan fingerprint density at radius 1 is 1.11 bits per heavy atom. The molecule has 0 fully saturated rings. The average molecular weight is 523 g/mol. The first-order valence-electron chi connectivity index (χ1n) is 11.5. The van der Waals surface area contributed by atoms with Gasteiger partial charge in [0, 0.05) is 24.1 Å². The van der Waals surface area contributed by atoms with E-state index in [0.29, 0.717) is 28.2 Å². The number of rotatable bonds is 7. The van der Waals surface area contributed by atoms with E-state index in [-0.39, 0.29) is 24.0 Å². The number of aliphatic hydroxyl groups excluding tert-OH is 1. The van der Waals surface area contributed by atoms with E-state index in [9.17, 15) is 18.3 Å². The Hall–Kier alpha value is -4.02. The molecule has 37 heavy (non-hydrogen) atoms. The third-order valence-electron chi connectivity index (χ3n) is 6.41. The molecule has 2 N–H and O–H groups in total. The number of carbonyl (C=O) groups is 1. The van der Waals surface area contributed by atoms with Crippen LogP contribution in [0.1, 0.15) is 28.2 Å². The number of aliphatic hydroxyl groups is 1. The minimum atomic E-state index is -4.28. The molecule has 4 aromatic rings. The monoisotopic (exact) mass is 522 g/mol. The van der Waals surface area contributed by atoms with Gasteiger partial charge in [0.2, 0.25) is 12.7 Å². The number of aryl methyl sites for hydroxylation is 2. The molecule has 1 unspecified atom stereocenters. The maximum atomic E-state index is 13.8. The summed E-state index contributed by atoms with van der Waals surface area (Å²) in [5.41, 5.74) is 3.41. The van der Waals surface area contributed by atoms with Crippen LogP contribution in [-0.4, -0.2) is 37.9 Å². The Labute approximate surface area is 214 Å². The number of nitrogens with one attached hydrogen (secondary N) is 1. The quantitative estimate of drug-likeness (QED) is 0.382. The van der Waals surface area contributed by atoms with Crippen molar-refractivity contribution in [2.24, 2.45) is 7.05 Å². The molecule has 10 heteroatoms. The summed E-state index contributed by atoms with van der Waals surface area (Å²) in [6.07, 6.45) is 1.79. The summed E-state index contributed by atoms with van der Waals surface area (Å²) in [4.78, 5) is 13.7. The third kappa shape index (κ3) is 4.49. The summed E-state index contributed by atoms with van der Waals surface area (Å²) in [6, 6.07) is 15.2. The first-order valence-corrected chi connectivity index (χ1v) is 13.0. The lowest BCUT2D eigenvalue weighted by atomic mass is 9.90. The van der Waals surface area contributed by atoms with Gasteiger partial charge in [0.25, 0.3) is 10.0 Å². The highest BCUT2D eigenvalue weighted by atomic mass is 32.2. The van der Waals surface area contributed by atoms with E-state index in [2.05, 4.69) is 4.72 Å². The fourth-order valence-electron chi connectivity index (χ4n) is 4.61. The van der Waals surface area contributed by atoms with Gasteiger partial charge in [0.05, 0.1) is 19.6 Å². The summed E-state index contributed by atoms with van der Waals surface area (Å²) in [7, 11) is -1.06.